The second-order valence-electron chi connectivity index (χ2n) is 6.01. The number of rotatable bonds is 6. The van der Waals surface area contributed by atoms with E-state index in [9.17, 15) is 9.59 Å². The molecular formula is C19H21N3O3S. The Morgan fingerprint density at radius 3 is 2.69 bits per heavy atom. The van der Waals surface area contributed by atoms with E-state index in [0.29, 0.717) is 23.0 Å². The van der Waals surface area contributed by atoms with Crippen LogP contribution in [0.5, 0.6) is 0 Å². The van der Waals surface area contributed by atoms with Crippen molar-refractivity contribution in [3.8, 4) is 0 Å². The molecule has 3 rings (SSSR count). The lowest BCUT2D eigenvalue weighted by Gasteiger charge is -2.08. The molecule has 0 unspecified atom stereocenters. The number of hydrogen-bond acceptors (Lipinski definition) is 6. The summed E-state index contributed by atoms with van der Waals surface area (Å²) in [5.41, 5.74) is 4.50. The average Bonchev–Trinajstić information content (AvgIpc) is 3.10. The monoisotopic (exact) mass is 371 g/mol. The highest BCUT2D eigenvalue weighted by atomic mass is 32.2. The molecule has 6 nitrogen and oxygen atoms in total. The number of amides is 1. The number of hydrogen-bond donors (Lipinski definition) is 1. The number of thioether (sulfide) groups is 1. The minimum atomic E-state index is -0.370. The molecule has 0 saturated carbocycles. The number of carbonyl (C=O) groups excluding carboxylic acids is 2. The predicted octanol–water partition coefficient (Wildman–Crippen LogP) is 3.18. The lowest BCUT2D eigenvalue weighted by Crippen LogP contribution is -2.14. The van der Waals surface area contributed by atoms with Crippen LogP contribution in [0.1, 0.15) is 40.7 Å². The van der Waals surface area contributed by atoms with Crippen molar-refractivity contribution >= 4 is 29.3 Å². The van der Waals surface area contributed by atoms with Crippen LogP contribution in [0.15, 0.2) is 29.4 Å². The van der Waals surface area contributed by atoms with Crippen molar-refractivity contribution in [3.63, 3.8) is 0 Å². The first-order valence-electron chi connectivity index (χ1n) is 8.63. The summed E-state index contributed by atoms with van der Waals surface area (Å²) in [5.74, 6) is -0.275. The number of nitrogens with one attached hydrogen (secondary N) is 1. The summed E-state index contributed by atoms with van der Waals surface area (Å²) in [5, 5.41) is 3.46. The van der Waals surface area contributed by atoms with Crippen LogP contribution in [0, 0.1) is 6.92 Å². The molecule has 0 atom stereocenters. The number of carbonyl (C=O) groups is 2. The Labute approximate surface area is 156 Å². The first-order valence-corrected chi connectivity index (χ1v) is 9.61. The van der Waals surface area contributed by atoms with Gasteiger partial charge in [0.15, 0.2) is 5.16 Å². The number of benzene rings is 1. The van der Waals surface area contributed by atoms with Gasteiger partial charge in [-0.1, -0.05) is 11.8 Å². The highest BCUT2D eigenvalue weighted by molar-refractivity contribution is 7.99. The molecule has 0 saturated heterocycles. The van der Waals surface area contributed by atoms with Crippen molar-refractivity contribution in [1.82, 2.24) is 9.97 Å². The molecule has 1 amide bonds. The molecular weight excluding hydrogens is 350 g/mol. The van der Waals surface area contributed by atoms with E-state index in [1.165, 1.54) is 17.3 Å². The zero-order valence-corrected chi connectivity index (χ0v) is 15.7. The normalized spacial score (nSPS) is 12.5. The van der Waals surface area contributed by atoms with Crippen LogP contribution in [0.25, 0.3) is 0 Å². The van der Waals surface area contributed by atoms with Crippen LogP contribution < -0.4 is 5.32 Å². The Morgan fingerprint density at radius 2 is 1.96 bits per heavy atom. The number of nitrogens with zero attached hydrogens (tertiary/aromatic N) is 2. The first-order chi connectivity index (χ1) is 12.6. The first kappa shape index (κ1) is 18.4. The summed E-state index contributed by atoms with van der Waals surface area (Å²) >= 11 is 1.33. The van der Waals surface area contributed by atoms with Crippen molar-refractivity contribution in [3.05, 3.63) is 46.8 Å². The number of ether oxygens (including phenoxy) is 1. The van der Waals surface area contributed by atoms with Crippen molar-refractivity contribution in [2.24, 2.45) is 0 Å². The van der Waals surface area contributed by atoms with E-state index in [2.05, 4.69) is 15.3 Å². The van der Waals surface area contributed by atoms with Crippen LogP contribution in [0.2, 0.25) is 0 Å². The smallest absolute Gasteiger partial charge is 0.338 e. The second kappa shape index (κ2) is 8.31. The molecule has 26 heavy (non-hydrogen) atoms. The Bertz CT molecular complexity index is 822. The molecule has 1 aromatic carbocycles. The molecule has 1 aromatic heterocycles. The van der Waals surface area contributed by atoms with Gasteiger partial charge in [0, 0.05) is 17.1 Å². The number of anilines is 1. The van der Waals surface area contributed by atoms with Gasteiger partial charge < -0.3 is 10.1 Å². The third-order valence-corrected chi connectivity index (χ3v) is 4.98. The van der Waals surface area contributed by atoms with Gasteiger partial charge in [0.25, 0.3) is 0 Å². The number of aromatic nitrogens is 2. The molecule has 2 aromatic rings. The van der Waals surface area contributed by atoms with Crippen LogP contribution in [0.4, 0.5) is 5.69 Å². The lowest BCUT2D eigenvalue weighted by molar-refractivity contribution is -0.113. The van der Waals surface area contributed by atoms with Gasteiger partial charge in [0.2, 0.25) is 5.91 Å². The van der Waals surface area contributed by atoms with Crippen molar-refractivity contribution < 1.29 is 14.3 Å². The Kier molecular flexibility index (Phi) is 5.88. The molecule has 1 aliphatic carbocycles. The largest absolute Gasteiger partial charge is 0.462 e. The van der Waals surface area contributed by atoms with E-state index in [-0.39, 0.29) is 17.6 Å². The molecule has 1 N–H and O–H groups in total. The van der Waals surface area contributed by atoms with E-state index < -0.39 is 0 Å². The molecule has 1 aliphatic rings. The quantitative estimate of drug-likeness (QED) is 0.477. The number of fused-ring (bicyclic) bond motifs is 1. The summed E-state index contributed by atoms with van der Waals surface area (Å²) < 4.78 is 4.93. The van der Waals surface area contributed by atoms with Crippen molar-refractivity contribution in [2.75, 3.05) is 17.7 Å². The van der Waals surface area contributed by atoms with E-state index in [1.54, 1.807) is 31.2 Å². The number of esters is 1. The van der Waals surface area contributed by atoms with Crippen LogP contribution in [-0.2, 0) is 22.4 Å². The average molecular weight is 371 g/mol. The van der Waals surface area contributed by atoms with Gasteiger partial charge >= 0.3 is 5.97 Å². The Balaban J connectivity index is 1.54. The van der Waals surface area contributed by atoms with Gasteiger partial charge in [0.1, 0.15) is 0 Å². The van der Waals surface area contributed by atoms with Crippen molar-refractivity contribution in [2.45, 2.75) is 38.3 Å². The Morgan fingerprint density at radius 1 is 1.19 bits per heavy atom. The van der Waals surface area contributed by atoms with Gasteiger partial charge in [-0.15, -0.1) is 0 Å². The molecule has 0 spiro atoms. The van der Waals surface area contributed by atoms with E-state index in [4.69, 9.17) is 4.74 Å². The van der Waals surface area contributed by atoms with Gasteiger partial charge in [-0.2, -0.15) is 0 Å². The summed E-state index contributed by atoms with van der Waals surface area (Å²) in [6, 6.07) is 6.64. The van der Waals surface area contributed by atoms with E-state index >= 15 is 0 Å². The predicted molar refractivity (Wildman–Crippen MR) is 101 cm³/mol. The van der Waals surface area contributed by atoms with Gasteiger partial charge in [-0.05, 0) is 62.9 Å². The maximum atomic E-state index is 12.1. The second-order valence-corrected chi connectivity index (χ2v) is 6.95. The topological polar surface area (TPSA) is 81.2 Å². The van der Waals surface area contributed by atoms with Crippen LogP contribution >= 0.6 is 11.8 Å². The van der Waals surface area contributed by atoms with Gasteiger partial charge in [-0.25, -0.2) is 14.8 Å². The summed E-state index contributed by atoms with van der Waals surface area (Å²) in [6.07, 6.45) is 3.17. The van der Waals surface area contributed by atoms with Crippen LogP contribution in [-0.4, -0.2) is 34.2 Å². The lowest BCUT2D eigenvalue weighted by atomic mass is 10.2. The Hall–Kier alpha value is -2.41. The summed E-state index contributed by atoms with van der Waals surface area (Å²) in [6.45, 7) is 4.09. The fraction of sp³-hybridized carbons (Fsp3) is 0.368. The van der Waals surface area contributed by atoms with Crippen LogP contribution in [0.3, 0.4) is 0 Å². The third kappa shape index (κ3) is 4.40. The highest BCUT2D eigenvalue weighted by Gasteiger charge is 2.17. The molecule has 7 heteroatoms. The van der Waals surface area contributed by atoms with Gasteiger partial charge in [0.05, 0.1) is 17.9 Å². The molecule has 0 aliphatic heterocycles. The van der Waals surface area contributed by atoms with Gasteiger partial charge in [-0.3, -0.25) is 4.79 Å². The molecule has 0 fully saturated rings. The van der Waals surface area contributed by atoms with E-state index in [0.717, 1.165) is 30.7 Å². The molecule has 136 valence electrons. The maximum absolute atomic E-state index is 12.1. The third-order valence-electron chi connectivity index (χ3n) is 4.13. The highest BCUT2D eigenvalue weighted by Crippen LogP contribution is 2.25. The fourth-order valence-electron chi connectivity index (χ4n) is 2.89. The number of aryl methyl sites for hydroxylation is 2. The molecule has 0 bridgehead atoms. The molecule has 1 heterocycles. The summed E-state index contributed by atoms with van der Waals surface area (Å²) in [7, 11) is 0. The minimum Gasteiger partial charge on any atom is -0.462 e. The standard InChI is InChI=1S/C19H21N3O3S/c1-3-25-18(24)13-7-9-14(10-8-13)21-17(23)11-26-19-20-12(2)15-5-4-6-16(15)22-19/h7-10H,3-6,11H2,1-2H3,(H,21,23). The fourth-order valence-corrected chi connectivity index (χ4v) is 3.60. The van der Waals surface area contributed by atoms with Crippen molar-refractivity contribution in [1.29, 1.82) is 0 Å². The maximum Gasteiger partial charge on any atom is 0.338 e. The zero-order chi connectivity index (χ0) is 18.5. The minimum absolute atomic E-state index is 0.138. The SMILES string of the molecule is CCOC(=O)c1ccc(NC(=O)CSc2nc(C)c3c(n2)CCC3)cc1. The molecule has 0 radical (unpaired) electrons. The zero-order valence-electron chi connectivity index (χ0n) is 14.9. The summed E-state index contributed by atoms with van der Waals surface area (Å²) in [4.78, 5) is 32.8. The van der Waals surface area contributed by atoms with E-state index in [1.807, 2.05) is 6.92 Å².